The molecule has 9 heteroatoms. The number of piperidine rings is 1. The van der Waals surface area contributed by atoms with Gasteiger partial charge >= 0.3 is 12.4 Å². The molecule has 5 rings (SSSR count). The average Bonchev–Trinajstić information content (AvgIpc) is 3.00. The number of rotatable bonds is 7. The minimum atomic E-state index is -4.91. The van der Waals surface area contributed by atoms with Gasteiger partial charge < -0.3 is 10.0 Å². The number of likely N-dealkylation sites (tertiary alicyclic amines) is 1. The number of benzene rings is 3. The minimum Gasteiger partial charge on any atom is -0.392 e. The molecule has 0 radical (unpaired) electrons. The first kappa shape index (κ1) is 31.5. The summed E-state index contributed by atoms with van der Waals surface area (Å²) in [7, 11) is 0. The maximum atomic E-state index is 13.4. The second kappa shape index (κ2) is 12.6. The Kier molecular flexibility index (Phi) is 9.23. The molecule has 1 saturated carbocycles. The Bertz CT molecular complexity index is 1310. The molecule has 43 heavy (non-hydrogen) atoms. The van der Waals surface area contributed by atoms with Gasteiger partial charge in [0.1, 0.15) is 5.82 Å². The van der Waals surface area contributed by atoms with Crippen LogP contribution in [0.4, 0.5) is 30.7 Å². The molecule has 0 spiro atoms. The average molecular weight is 608 g/mol. The Morgan fingerprint density at radius 1 is 0.767 bits per heavy atom. The van der Waals surface area contributed by atoms with E-state index in [0.29, 0.717) is 24.8 Å². The maximum absolute atomic E-state index is 13.4. The molecule has 0 aromatic heterocycles. The van der Waals surface area contributed by atoms with E-state index in [1.54, 1.807) is 0 Å². The van der Waals surface area contributed by atoms with Gasteiger partial charge in [-0.2, -0.15) is 26.3 Å². The molecule has 2 aliphatic rings. The minimum absolute atomic E-state index is 0.0429. The molecular weight excluding hydrogens is 571 g/mol. The summed E-state index contributed by atoms with van der Waals surface area (Å²) < 4.78 is 93.7. The van der Waals surface area contributed by atoms with Gasteiger partial charge in [0.05, 0.1) is 17.2 Å². The van der Waals surface area contributed by atoms with Crippen LogP contribution < -0.4 is 0 Å². The standard InChI is InChI=1S/C34H36F7NO/c35-29-9-7-24(8-10-29)25-14-18-42(19-15-25)30-12-16-32(17-13-30,26-4-2-1-3-5-26)31(43)11-6-23-20-27(33(36,37)38)22-28(21-23)34(39,40)41/h1-5,7-10,20-22,25,30-31,43H,6,11-19H2/t30-,31-,32+/m1/s1. The van der Waals surface area contributed by atoms with Gasteiger partial charge in [0.25, 0.3) is 0 Å². The Morgan fingerprint density at radius 3 is 1.86 bits per heavy atom. The van der Waals surface area contributed by atoms with E-state index in [2.05, 4.69) is 4.90 Å². The predicted octanol–water partition coefficient (Wildman–Crippen LogP) is 8.92. The first-order valence-corrected chi connectivity index (χ1v) is 14.9. The van der Waals surface area contributed by atoms with Crippen molar-refractivity contribution >= 4 is 0 Å². The van der Waals surface area contributed by atoms with E-state index in [9.17, 15) is 35.8 Å². The smallest absolute Gasteiger partial charge is 0.392 e. The zero-order valence-electron chi connectivity index (χ0n) is 23.8. The van der Waals surface area contributed by atoms with E-state index in [1.165, 1.54) is 12.1 Å². The highest BCUT2D eigenvalue weighted by molar-refractivity contribution is 5.34. The third kappa shape index (κ3) is 7.26. The molecular formula is C34H36F7NO. The van der Waals surface area contributed by atoms with E-state index in [0.717, 1.165) is 62.0 Å². The van der Waals surface area contributed by atoms with Crippen molar-refractivity contribution in [3.8, 4) is 0 Å². The molecule has 1 atom stereocenters. The molecule has 0 bridgehead atoms. The lowest BCUT2D eigenvalue weighted by molar-refractivity contribution is -0.143. The van der Waals surface area contributed by atoms with Crippen LogP contribution in [-0.2, 0) is 24.2 Å². The van der Waals surface area contributed by atoms with E-state index < -0.39 is 35.0 Å². The van der Waals surface area contributed by atoms with Crippen molar-refractivity contribution < 1.29 is 35.8 Å². The maximum Gasteiger partial charge on any atom is 0.416 e. The first-order chi connectivity index (χ1) is 20.3. The molecule has 1 aliphatic heterocycles. The second-order valence-electron chi connectivity index (χ2n) is 12.1. The fourth-order valence-electron chi connectivity index (χ4n) is 7.14. The van der Waals surface area contributed by atoms with Crippen LogP contribution in [0.2, 0.25) is 0 Å². The molecule has 1 heterocycles. The van der Waals surface area contributed by atoms with Crippen LogP contribution >= 0.6 is 0 Å². The van der Waals surface area contributed by atoms with Gasteiger partial charge in [0.15, 0.2) is 0 Å². The van der Waals surface area contributed by atoms with Crippen LogP contribution in [0.15, 0.2) is 72.8 Å². The summed E-state index contributed by atoms with van der Waals surface area (Å²) in [5.41, 5.74) is -1.32. The lowest BCUT2D eigenvalue weighted by atomic mass is 9.63. The SMILES string of the molecule is O[C@H](CCc1cc(C(F)(F)F)cc(C(F)(F)F)c1)[C@]1(c2ccccc2)CC[C@H](N2CCC(c3ccc(F)cc3)CC2)CC1. The van der Waals surface area contributed by atoms with Gasteiger partial charge in [-0.1, -0.05) is 42.5 Å². The Morgan fingerprint density at radius 2 is 1.33 bits per heavy atom. The molecule has 3 aromatic carbocycles. The molecule has 0 unspecified atom stereocenters. The summed E-state index contributed by atoms with van der Waals surface area (Å²) in [6, 6.07) is 18.2. The number of alkyl halides is 6. The van der Waals surface area contributed by atoms with E-state index in [4.69, 9.17) is 0 Å². The number of nitrogens with zero attached hydrogens (tertiary/aromatic N) is 1. The third-order valence-corrected chi connectivity index (χ3v) is 9.58. The van der Waals surface area contributed by atoms with Gasteiger partial charge in [-0.3, -0.25) is 0 Å². The number of aryl methyl sites for hydroxylation is 1. The second-order valence-corrected chi connectivity index (χ2v) is 12.1. The van der Waals surface area contributed by atoms with Crippen molar-refractivity contribution in [1.82, 2.24) is 4.90 Å². The lowest BCUT2D eigenvalue weighted by Gasteiger charge is -2.48. The van der Waals surface area contributed by atoms with Crippen LogP contribution in [0.5, 0.6) is 0 Å². The number of hydrogen-bond donors (Lipinski definition) is 1. The fourth-order valence-corrected chi connectivity index (χ4v) is 7.14. The van der Waals surface area contributed by atoms with Gasteiger partial charge in [-0.15, -0.1) is 0 Å². The first-order valence-electron chi connectivity index (χ1n) is 14.9. The summed E-state index contributed by atoms with van der Waals surface area (Å²) in [4.78, 5) is 2.49. The Labute approximate surface area is 247 Å². The van der Waals surface area contributed by atoms with Crippen LogP contribution in [0.1, 0.15) is 78.7 Å². The van der Waals surface area contributed by atoms with Gasteiger partial charge in [-0.25, -0.2) is 4.39 Å². The number of hydrogen-bond acceptors (Lipinski definition) is 2. The highest BCUT2D eigenvalue weighted by atomic mass is 19.4. The summed E-state index contributed by atoms with van der Waals surface area (Å²) in [5.74, 6) is 0.146. The molecule has 3 aromatic rings. The summed E-state index contributed by atoms with van der Waals surface area (Å²) in [5, 5.41) is 11.6. The number of halogens is 7. The van der Waals surface area contributed by atoms with Crippen LogP contribution in [-0.4, -0.2) is 35.2 Å². The number of aliphatic hydroxyl groups is 1. The van der Waals surface area contributed by atoms with Crippen molar-refractivity contribution in [2.24, 2.45) is 0 Å². The van der Waals surface area contributed by atoms with Gasteiger partial charge in [0.2, 0.25) is 0 Å². The zero-order valence-corrected chi connectivity index (χ0v) is 23.8. The Balaban J connectivity index is 1.27. The van der Waals surface area contributed by atoms with Crippen LogP contribution in [0.25, 0.3) is 0 Å². The molecule has 232 valence electrons. The molecule has 1 saturated heterocycles. The molecule has 1 N–H and O–H groups in total. The third-order valence-electron chi connectivity index (χ3n) is 9.58. The topological polar surface area (TPSA) is 23.5 Å². The molecule has 2 nitrogen and oxygen atoms in total. The van der Waals surface area contributed by atoms with E-state index in [1.807, 2.05) is 42.5 Å². The van der Waals surface area contributed by atoms with Crippen LogP contribution in [0.3, 0.4) is 0 Å². The lowest BCUT2D eigenvalue weighted by Crippen LogP contribution is -2.49. The summed E-state index contributed by atoms with van der Waals surface area (Å²) >= 11 is 0. The van der Waals surface area contributed by atoms with Crippen molar-refractivity contribution in [3.63, 3.8) is 0 Å². The van der Waals surface area contributed by atoms with E-state index >= 15 is 0 Å². The highest BCUT2D eigenvalue weighted by Gasteiger charge is 2.44. The predicted molar refractivity (Wildman–Crippen MR) is 151 cm³/mol. The summed E-state index contributed by atoms with van der Waals surface area (Å²) in [6.45, 7) is 1.84. The van der Waals surface area contributed by atoms with Crippen molar-refractivity contribution in [2.75, 3.05) is 13.1 Å². The van der Waals surface area contributed by atoms with Gasteiger partial charge in [0, 0.05) is 11.5 Å². The highest BCUT2D eigenvalue weighted by Crippen LogP contribution is 2.46. The Hall–Kier alpha value is -2.91. The monoisotopic (exact) mass is 607 g/mol. The largest absolute Gasteiger partial charge is 0.416 e. The molecule has 0 amide bonds. The van der Waals surface area contributed by atoms with Crippen molar-refractivity contribution in [1.29, 1.82) is 0 Å². The van der Waals surface area contributed by atoms with Crippen molar-refractivity contribution in [2.45, 2.75) is 87.2 Å². The zero-order chi connectivity index (χ0) is 30.8. The van der Waals surface area contributed by atoms with E-state index in [-0.39, 0.29) is 30.3 Å². The fraction of sp³-hybridized carbons (Fsp3) is 0.471. The van der Waals surface area contributed by atoms with Gasteiger partial charge in [-0.05, 0) is 117 Å². The van der Waals surface area contributed by atoms with Crippen LogP contribution in [0, 0.1) is 5.82 Å². The normalized spacial score (nSPS) is 23.3. The molecule has 2 fully saturated rings. The number of aliphatic hydroxyl groups excluding tert-OH is 1. The quantitative estimate of drug-likeness (QED) is 0.271. The summed E-state index contributed by atoms with van der Waals surface area (Å²) in [6.07, 6.45) is -5.89. The van der Waals surface area contributed by atoms with Crippen molar-refractivity contribution in [3.05, 3.63) is 106 Å². The molecule has 1 aliphatic carbocycles.